The van der Waals surface area contributed by atoms with Gasteiger partial charge in [0.1, 0.15) is 0 Å². The minimum absolute atomic E-state index is 0.0810. The van der Waals surface area contributed by atoms with Gasteiger partial charge < -0.3 is 4.90 Å². The van der Waals surface area contributed by atoms with Gasteiger partial charge in [-0.2, -0.15) is 18.3 Å². The Morgan fingerprint density at radius 3 is 2.53 bits per heavy atom. The number of aryl methyl sites for hydroxylation is 1. The third-order valence-corrected chi connectivity index (χ3v) is 5.35. The summed E-state index contributed by atoms with van der Waals surface area (Å²) in [6, 6.07) is 1.49. The predicted molar refractivity (Wildman–Crippen MR) is 104 cm³/mol. The number of hydrogen-bond acceptors (Lipinski definition) is 3. The highest BCUT2D eigenvalue weighted by atomic mass is 19.4. The zero-order chi connectivity index (χ0) is 23.3. The molecule has 0 aliphatic carbocycles. The summed E-state index contributed by atoms with van der Waals surface area (Å²) in [5, 5.41) is 4.09. The summed E-state index contributed by atoms with van der Waals surface area (Å²) in [4.78, 5) is 13.9. The molecular weight excluding hydrogens is 440 g/mol. The number of alkyl halides is 5. The van der Waals surface area contributed by atoms with Crippen molar-refractivity contribution in [2.45, 2.75) is 38.5 Å². The molecule has 1 aliphatic rings. The molecule has 3 heterocycles. The summed E-state index contributed by atoms with van der Waals surface area (Å²) in [6.07, 6.45) is 0.118. The molecule has 172 valence electrons. The molecule has 32 heavy (non-hydrogen) atoms. The number of benzene rings is 1. The van der Waals surface area contributed by atoms with Crippen molar-refractivity contribution in [2.24, 2.45) is 0 Å². The first-order valence-electron chi connectivity index (χ1n) is 9.81. The largest absolute Gasteiger partial charge is 0.419 e. The number of aromatic nitrogens is 4. The lowest BCUT2D eigenvalue weighted by Gasteiger charge is -2.22. The highest BCUT2D eigenvalue weighted by Crippen LogP contribution is 2.39. The van der Waals surface area contributed by atoms with E-state index in [1.807, 2.05) is 6.92 Å². The van der Waals surface area contributed by atoms with E-state index in [4.69, 9.17) is 0 Å². The monoisotopic (exact) mass is 459 g/mol. The Morgan fingerprint density at radius 1 is 1.19 bits per heavy atom. The average Bonchev–Trinajstić information content (AvgIpc) is 3.41. The van der Waals surface area contributed by atoms with Crippen LogP contribution in [0.1, 0.15) is 24.5 Å². The average molecular weight is 459 g/mol. The van der Waals surface area contributed by atoms with Gasteiger partial charge in [0, 0.05) is 49.4 Å². The van der Waals surface area contributed by atoms with E-state index in [1.165, 1.54) is 10.8 Å². The molecule has 0 unspecified atom stereocenters. The topological polar surface area (TPSA) is 48.0 Å². The number of nitrogens with zero attached hydrogens (tertiary/aromatic N) is 5. The highest BCUT2D eigenvalue weighted by molar-refractivity contribution is 5.58. The van der Waals surface area contributed by atoms with Crippen molar-refractivity contribution in [2.75, 3.05) is 18.0 Å². The SMILES string of the molecule is CCn1cc(Cn2ccn(-c3cc(N4CCC(F)(F)C4)cc(C(F)(F)F)c3F)c2=O)cn1. The Bertz CT molecular complexity index is 1190. The predicted octanol–water partition coefficient (Wildman–Crippen LogP) is 3.91. The minimum atomic E-state index is -5.07. The van der Waals surface area contributed by atoms with Crippen LogP contribution in [0.15, 0.2) is 41.7 Å². The Morgan fingerprint density at radius 2 is 1.94 bits per heavy atom. The third kappa shape index (κ3) is 4.13. The van der Waals surface area contributed by atoms with Crippen molar-refractivity contribution in [1.82, 2.24) is 18.9 Å². The van der Waals surface area contributed by atoms with E-state index in [1.54, 1.807) is 17.1 Å². The summed E-state index contributed by atoms with van der Waals surface area (Å²) < 4.78 is 86.1. The van der Waals surface area contributed by atoms with E-state index in [2.05, 4.69) is 5.10 Å². The van der Waals surface area contributed by atoms with Crippen LogP contribution in [0.3, 0.4) is 0 Å². The van der Waals surface area contributed by atoms with E-state index in [9.17, 15) is 31.1 Å². The smallest absolute Gasteiger partial charge is 0.365 e. The molecule has 1 aliphatic heterocycles. The van der Waals surface area contributed by atoms with Crippen LogP contribution in [0.2, 0.25) is 0 Å². The second kappa shape index (κ2) is 7.75. The third-order valence-electron chi connectivity index (χ3n) is 5.35. The van der Waals surface area contributed by atoms with Crippen molar-refractivity contribution in [3.8, 4) is 5.69 Å². The van der Waals surface area contributed by atoms with Gasteiger partial charge >= 0.3 is 11.9 Å². The molecule has 6 nitrogen and oxygen atoms in total. The number of halogens is 6. The standard InChI is InChI=1S/C20H19F6N5O/c1-2-30-11-13(9-27-30)10-28-5-6-31(18(28)32)16-8-14(29-4-3-19(22,23)12-29)7-15(17(16)21)20(24,25)26/h5-9,11H,2-4,10,12H2,1H3. The Labute approximate surface area is 178 Å². The van der Waals surface area contributed by atoms with Crippen molar-refractivity contribution < 1.29 is 26.3 Å². The molecule has 0 atom stereocenters. The molecule has 0 bridgehead atoms. The molecule has 1 aromatic carbocycles. The molecule has 3 aromatic rings. The van der Waals surface area contributed by atoms with Gasteiger partial charge in [-0.05, 0) is 19.1 Å². The van der Waals surface area contributed by atoms with Crippen molar-refractivity contribution in [3.63, 3.8) is 0 Å². The summed E-state index contributed by atoms with van der Waals surface area (Å²) in [5.74, 6) is -4.71. The Hall–Kier alpha value is -3.18. The maximum absolute atomic E-state index is 14.9. The molecule has 1 saturated heterocycles. The first-order chi connectivity index (χ1) is 15.0. The van der Waals surface area contributed by atoms with Crippen LogP contribution >= 0.6 is 0 Å². The van der Waals surface area contributed by atoms with Gasteiger partial charge in [0.25, 0.3) is 5.92 Å². The van der Waals surface area contributed by atoms with E-state index >= 15 is 0 Å². The second-order valence-electron chi connectivity index (χ2n) is 7.63. The van der Waals surface area contributed by atoms with Crippen LogP contribution in [0.5, 0.6) is 0 Å². The summed E-state index contributed by atoms with van der Waals surface area (Å²) in [7, 11) is 0. The van der Waals surface area contributed by atoms with Gasteiger partial charge in [-0.25, -0.2) is 18.0 Å². The molecule has 0 N–H and O–H groups in total. The molecular formula is C20H19F6N5O. The molecule has 4 rings (SSSR count). The van der Waals surface area contributed by atoms with Crippen LogP contribution in [-0.2, 0) is 19.3 Å². The van der Waals surface area contributed by atoms with Crippen molar-refractivity contribution in [1.29, 1.82) is 0 Å². The fourth-order valence-corrected chi connectivity index (χ4v) is 3.69. The van der Waals surface area contributed by atoms with Crippen LogP contribution in [0.25, 0.3) is 5.69 Å². The minimum Gasteiger partial charge on any atom is -0.365 e. The maximum Gasteiger partial charge on any atom is 0.419 e. The van der Waals surface area contributed by atoms with Gasteiger partial charge in [-0.3, -0.25) is 13.8 Å². The Balaban J connectivity index is 1.76. The summed E-state index contributed by atoms with van der Waals surface area (Å²) in [5.41, 5.74) is -2.60. The molecule has 0 spiro atoms. The van der Waals surface area contributed by atoms with Gasteiger partial charge in [0.05, 0.1) is 30.5 Å². The highest BCUT2D eigenvalue weighted by Gasteiger charge is 2.41. The van der Waals surface area contributed by atoms with E-state index in [0.717, 1.165) is 21.7 Å². The number of imidazole rings is 1. The van der Waals surface area contributed by atoms with Gasteiger partial charge in [-0.15, -0.1) is 0 Å². The first kappa shape index (κ1) is 22.0. The van der Waals surface area contributed by atoms with E-state index in [0.29, 0.717) is 18.2 Å². The van der Waals surface area contributed by atoms with E-state index < -0.39 is 47.8 Å². The van der Waals surface area contributed by atoms with Crippen molar-refractivity contribution in [3.05, 3.63) is 64.3 Å². The maximum atomic E-state index is 14.9. The molecule has 2 aromatic heterocycles. The van der Waals surface area contributed by atoms with Crippen LogP contribution in [0.4, 0.5) is 32.0 Å². The van der Waals surface area contributed by atoms with Crippen LogP contribution < -0.4 is 10.6 Å². The molecule has 0 amide bonds. The van der Waals surface area contributed by atoms with Crippen LogP contribution in [0, 0.1) is 5.82 Å². The Kier molecular flexibility index (Phi) is 5.33. The zero-order valence-electron chi connectivity index (χ0n) is 16.9. The molecule has 12 heteroatoms. The van der Waals surface area contributed by atoms with Gasteiger partial charge in [0.15, 0.2) is 5.82 Å². The van der Waals surface area contributed by atoms with Crippen LogP contribution in [-0.4, -0.2) is 37.9 Å². The normalized spacial score (nSPS) is 16.2. The lowest BCUT2D eigenvalue weighted by Crippen LogP contribution is -2.27. The first-order valence-corrected chi connectivity index (χ1v) is 9.81. The molecule has 0 radical (unpaired) electrons. The lowest BCUT2D eigenvalue weighted by molar-refractivity contribution is -0.139. The van der Waals surface area contributed by atoms with Gasteiger partial charge in [-0.1, -0.05) is 0 Å². The fraction of sp³-hybridized carbons (Fsp3) is 0.400. The lowest BCUT2D eigenvalue weighted by atomic mass is 10.1. The molecule has 1 fully saturated rings. The molecule has 0 saturated carbocycles. The van der Waals surface area contributed by atoms with Crippen molar-refractivity contribution >= 4 is 5.69 Å². The number of hydrogen-bond donors (Lipinski definition) is 0. The zero-order valence-corrected chi connectivity index (χ0v) is 16.9. The second-order valence-corrected chi connectivity index (χ2v) is 7.63. The quantitative estimate of drug-likeness (QED) is 0.544. The number of anilines is 1. The van der Waals surface area contributed by atoms with Gasteiger partial charge in [0.2, 0.25) is 0 Å². The van der Waals surface area contributed by atoms with E-state index in [-0.39, 0.29) is 18.8 Å². The summed E-state index contributed by atoms with van der Waals surface area (Å²) in [6.45, 7) is 1.60. The summed E-state index contributed by atoms with van der Waals surface area (Å²) >= 11 is 0. The fourth-order valence-electron chi connectivity index (χ4n) is 3.69. The number of rotatable bonds is 5.